The molecule has 2 aromatic rings. The van der Waals surface area contributed by atoms with Crippen molar-refractivity contribution in [1.82, 2.24) is 0 Å². The van der Waals surface area contributed by atoms with E-state index in [1.54, 1.807) is 0 Å². The van der Waals surface area contributed by atoms with Gasteiger partial charge in [-0.1, -0.05) is 55.5 Å². The van der Waals surface area contributed by atoms with Crippen LogP contribution in [0.5, 0.6) is 5.75 Å². The van der Waals surface area contributed by atoms with E-state index in [2.05, 4.69) is 6.92 Å². The number of ether oxygens (including phenoxy) is 2. The molecule has 0 aliphatic rings. The minimum absolute atomic E-state index is 0.000299. The lowest BCUT2D eigenvalue weighted by Gasteiger charge is -2.15. The molecule has 0 aromatic heterocycles. The van der Waals surface area contributed by atoms with Crippen molar-refractivity contribution in [3.63, 3.8) is 0 Å². The third-order valence-electron chi connectivity index (χ3n) is 3.17. The normalized spacial score (nSPS) is 12.1. The van der Waals surface area contributed by atoms with Gasteiger partial charge in [0, 0.05) is 11.6 Å². The molecular weight excluding hydrogens is 250 g/mol. The van der Waals surface area contributed by atoms with Crippen molar-refractivity contribution in [2.24, 2.45) is 5.73 Å². The maximum Gasteiger partial charge on any atom is 0.189 e. The summed E-state index contributed by atoms with van der Waals surface area (Å²) >= 11 is 0. The highest BCUT2D eigenvalue weighted by Gasteiger charge is 2.09. The molecule has 0 aliphatic heterocycles. The van der Waals surface area contributed by atoms with E-state index in [1.807, 2.05) is 54.6 Å². The number of hydrogen-bond donors (Lipinski definition) is 1. The second-order valence-corrected chi connectivity index (χ2v) is 4.65. The number of benzene rings is 2. The van der Waals surface area contributed by atoms with Crippen molar-refractivity contribution < 1.29 is 9.47 Å². The van der Waals surface area contributed by atoms with Crippen LogP contribution in [0.4, 0.5) is 0 Å². The Morgan fingerprint density at radius 2 is 1.70 bits per heavy atom. The summed E-state index contributed by atoms with van der Waals surface area (Å²) in [6, 6.07) is 17.9. The van der Waals surface area contributed by atoms with Gasteiger partial charge >= 0.3 is 0 Å². The second-order valence-electron chi connectivity index (χ2n) is 4.65. The molecule has 3 heteroatoms. The van der Waals surface area contributed by atoms with Gasteiger partial charge in [-0.05, 0) is 18.1 Å². The van der Waals surface area contributed by atoms with Crippen molar-refractivity contribution in [3.05, 3.63) is 65.7 Å². The van der Waals surface area contributed by atoms with Gasteiger partial charge in [0.05, 0.1) is 6.61 Å². The Bertz CT molecular complexity index is 513. The molecule has 0 bridgehead atoms. The molecule has 2 rings (SSSR count). The number of nitrogens with two attached hydrogens (primary N) is 1. The zero-order valence-corrected chi connectivity index (χ0v) is 11.8. The fraction of sp³-hybridized carbons (Fsp3) is 0.294. The molecule has 0 saturated heterocycles. The molecule has 2 aromatic carbocycles. The van der Waals surface area contributed by atoms with Crippen LogP contribution in [0.2, 0.25) is 0 Å². The smallest absolute Gasteiger partial charge is 0.189 e. The Balaban J connectivity index is 1.85. The van der Waals surface area contributed by atoms with Gasteiger partial charge in [0.25, 0.3) is 0 Å². The molecule has 20 heavy (non-hydrogen) atoms. The van der Waals surface area contributed by atoms with E-state index in [4.69, 9.17) is 15.2 Å². The highest BCUT2D eigenvalue weighted by Crippen LogP contribution is 2.25. The minimum atomic E-state index is 0.000299. The van der Waals surface area contributed by atoms with E-state index in [9.17, 15) is 0 Å². The molecule has 0 spiro atoms. The Labute approximate surface area is 120 Å². The number of para-hydroxylation sites is 1. The fourth-order valence-corrected chi connectivity index (χ4v) is 1.98. The van der Waals surface area contributed by atoms with Crippen LogP contribution >= 0.6 is 0 Å². The molecule has 1 unspecified atom stereocenters. The van der Waals surface area contributed by atoms with Gasteiger partial charge in [0.1, 0.15) is 5.75 Å². The monoisotopic (exact) mass is 271 g/mol. The molecular formula is C17H21NO2. The van der Waals surface area contributed by atoms with Crippen LogP contribution in [0.15, 0.2) is 54.6 Å². The molecule has 0 aliphatic carbocycles. The van der Waals surface area contributed by atoms with Crippen LogP contribution in [0.3, 0.4) is 0 Å². The summed E-state index contributed by atoms with van der Waals surface area (Å²) in [4.78, 5) is 0. The lowest BCUT2D eigenvalue weighted by molar-refractivity contribution is 0.00436. The SMILES string of the molecule is CCC(N)c1ccccc1OCOCc1ccccc1. The molecule has 0 fully saturated rings. The summed E-state index contributed by atoms with van der Waals surface area (Å²) in [6.07, 6.45) is 0.880. The first-order valence-corrected chi connectivity index (χ1v) is 6.90. The topological polar surface area (TPSA) is 44.5 Å². The lowest BCUT2D eigenvalue weighted by Crippen LogP contribution is -2.12. The summed E-state index contributed by atoms with van der Waals surface area (Å²) in [6.45, 7) is 2.83. The highest BCUT2D eigenvalue weighted by atomic mass is 16.7. The van der Waals surface area contributed by atoms with Gasteiger partial charge in [0.2, 0.25) is 0 Å². The van der Waals surface area contributed by atoms with E-state index in [1.165, 1.54) is 0 Å². The molecule has 0 radical (unpaired) electrons. The van der Waals surface area contributed by atoms with Crippen molar-refractivity contribution in [2.75, 3.05) is 6.79 Å². The van der Waals surface area contributed by atoms with Gasteiger partial charge in [0.15, 0.2) is 6.79 Å². The average molecular weight is 271 g/mol. The maximum absolute atomic E-state index is 6.07. The first-order chi connectivity index (χ1) is 9.81. The molecule has 2 N–H and O–H groups in total. The van der Waals surface area contributed by atoms with Crippen molar-refractivity contribution in [3.8, 4) is 5.75 Å². The lowest BCUT2D eigenvalue weighted by atomic mass is 10.0. The van der Waals surface area contributed by atoms with E-state index in [0.29, 0.717) is 6.61 Å². The highest BCUT2D eigenvalue weighted by molar-refractivity contribution is 5.35. The molecule has 0 amide bonds. The van der Waals surface area contributed by atoms with E-state index in [0.717, 1.165) is 23.3 Å². The zero-order chi connectivity index (χ0) is 14.2. The van der Waals surface area contributed by atoms with Crippen LogP contribution < -0.4 is 10.5 Å². The minimum Gasteiger partial charge on any atom is -0.467 e. The summed E-state index contributed by atoms with van der Waals surface area (Å²) in [7, 11) is 0. The quantitative estimate of drug-likeness (QED) is 0.617. The molecule has 0 heterocycles. The predicted molar refractivity (Wildman–Crippen MR) is 80.4 cm³/mol. The van der Waals surface area contributed by atoms with Gasteiger partial charge < -0.3 is 15.2 Å². The number of hydrogen-bond acceptors (Lipinski definition) is 3. The average Bonchev–Trinajstić information content (AvgIpc) is 2.52. The van der Waals surface area contributed by atoms with Crippen LogP contribution in [0.1, 0.15) is 30.5 Å². The standard InChI is InChI=1S/C17H21NO2/c1-2-16(18)15-10-6-7-11-17(15)20-13-19-12-14-8-4-3-5-9-14/h3-11,16H,2,12-13,18H2,1H3. The van der Waals surface area contributed by atoms with Crippen molar-refractivity contribution in [1.29, 1.82) is 0 Å². The van der Waals surface area contributed by atoms with Crippen LogP contribution in [0, 0.1) is 0 Å². The van der Waals surface area contributed by atoms with Crippen molar-refractivity contribution >= 4 is 0 Å². The fourth-order valence-electron chi connectivity index (χ4n) is 1.98. The summed E-state index contributed by atoms with van der Waals surface area (Å²) in [5.74, 6) is 0.801. The van der Waals surface area contributed by atoms with Gasteiger partial charge in [-0.3, -0.25) is 0 Å². The zero-order valence-electron chi connectivity index (χ0n) is 11.8. The maximum atomic E-state index is 6.07. The second kappa shape index (κ2) is 7.68. The third-order valence-corrected chi connectivity index (χ3v) is 3.17. The van der Waals surface area contributed by atoms with Gasteiger partial charge in [-0.15, -0.1) is 0 Å². The summed E-state index contributed by atoms with van der Waals surface area (Å²) in [5.41, 5.74) is 8.23. The Kier molecular flexibility index (Phi) is 5.59. The Hall–Kier alpha value is -1.84. The van der Waals surface area contributed by atoms with Gasteiger partial charge in [-0.25, -0.2) is 0 Å². The third kappa shape index (κ3) is 4.08. The summed E-state index contributed by atoms with van der Waals surface area (Å²) in [5, 5.41) is 0. The molecule has 106 valence electrons. The molecule has 1 atom stereocenters. The molecule has 3 nitrogen and oxygen atoms in total. The first kappa shape index (κ1) is 14.6. The van der Waals surface area contributed by atoms with Crippen LogP contribution in [-0.4, -0.2) is 6.79 Å². The summed E-state index contributed by atoms with van der Waals surface area (Å²) < 4.78 is 11.2. The van der Waals surface area contributed by atoms with Gasteiger partial charge in [-0.2, -0.15) is 0 Å². The molecule has 0 saturated carbocycles. The largest absolute Gasteiger partial charge is 0.467 e. The first-order valence-electron chi connectivity index (χ1n) is 6.90. The van der Waals surface area contributed by atoms with E-state index in [-0.39, 0.29) is 12.8 Å². The predicted octanol–water partition coefficient (Wildman–Crippen LogP) is 3.65. The Morgan fingerprint density at radius 3 is 2.45 bits per heavy atom. The Morgan fingerprint density at radius 1 is 1.00 bits per heavy atom. The van der Waals surface area contributed by atoms with E-state index < -0.39 is 0 Å². The number of rotatable bonds is 7. The van der Waals surface area contributed by atoms with Crippen LogP contribution in [-0.2, 0) is 11.3 Å². The van der Waals surface area contributed by atoms with E-state index >= 15 is 0 Å². The van der Waals surface area contributed by atoms with Crippen LogP contribution in [0.25, 0.3) is 0 Å². The van der Waals surface area contributed by atoms with Crippen molar-refractivity contribution in [2.45, 2.75) is 26.0 Å².